The molecule has 0 saturated carbocycles. The van der Waals surface area contributed by atoms with Crippen LogP contribution in [0.2, 0.25) is 20.1 Å². The minimum atomic E-state index is -5.14. The van der Waals surface area contributed by atoms with Gasteiger partial charge in [0.05, 0.1) is 15.1 Å². The Morgan fingerprint density at radius 1 is 0.759 bits per heavy atom. The minimum Gasteiger partial charge on any atom is -0.508 e. The molecule has 0 aliphatic carbocycles. The number of rotatable bonds is 4. The summed E-state index contributed by atoms with van der Waals surface area (Å²) in [6.45, 7) is 0. The van der Waals surface area contributed by atoms with Gasteiger partial charge in [-0.1, -0.05) is 70.7 Å². The van der Waals surface area contributed by atoms with Crippen molar-refractivity contribution < 1.29 is 23.2 Å². The third kappa shape index (κ3) is 3.54. The smallest absolute Gasteiger partial charge is 0.283 e. The first-order valence-electron chi connectivity index (χ1n) is 7.90. The maximum absolute atomic E-state index is 13.0. The first kappa shape index (κ1) is 22.0. The summed E-state index contributed by atoms with van der Waals surface area (Å²) in [6.07, 6.45) is 0. The molecule has 0 aliphatic heterocycles. The van der Waals surface area contributed by atoms with Crippen molar-refractivity contribution in [3.63, 3.8) is 0 Å². The molecular weight excluding hydrogens is 482 g/mol. The van der Waals surface area contributed by atoms with Crippen LogP contribution in [-0.2, 0) is 14.9 Å². The number of benzene rings is 3. The van der Waals surface area contributed by atoms with Gasteiger partial charge in [-0.15, -0.1) is 0 Å². The monoisotopic (exact) mass is 492 g/mol. The maximum atomic E-state index is 13.0. The zero-order valence-electron chi connectivity index (χ0n) is 14.3. The van der Waals surface area contributed by atoms with E-state index in [9.17, 15) is 23.2 Å². The zero-order chi connectivity index (χ0) is 21.6. The van der Waals surface area contributed by atoms with Gasteiger partial charge in [0.2, 0.25) is 0 Å². The molecule has 3 N–H and O–H groups in total. The third-order valence-electron chi connectivity index (χ3n) is 4.42. The van der Waals surface area contributed by atoms with E-state index in [-0.39, 0.29) is 36.8 Å². The Morgan fingerprint density at radius 3 is 1.93 bits per heavy atom. The van der Waals surface area contributed by atoms with Crippen molar-refractivity contribution in [2.45, 2.75) is 4.75 Å². The van der Waals surface area contributed by atoms with Gasteiger partial charge >= 0.3 is 0 Å². The van der Waals surface area contributed by atoms with Crippen LogP contribution < -0.4 is 0 Å². The third-order valence-corrected chi connectivity index (χ3v) is 7.29. The second kappa shape index (κ2) is 7.87. The lowest BCUT2D eigenvalue weighted by Gasteiger charge is -2.34. The van der Waals surface area contributed by atoms with Gasteiger partial charge in [-0.3, -0.25) is 4.55 Å². The topological polar surface area (TPSA) is 94.8 Å². The Kier molecular flexibility index (Phi) is 5.98. The molecule has 0 fully saturated rings. The van der Waals surface area contributed by atoms with Gasteiger partial charge in [-0.05, 0) is 35.9 Å². The number of hydrogen-bond acceptors (Lipinski definition) is 4. The van der Waals surface area contributed by atoms with Gasteiger partial charge in [0, 0.05) is 16.1 Å². The van der Waals surface area contributed by atoms with Crippen LogP contribution >= 0.6 is 46.4 Å². The first-order chi connectivity index (χ1) is 13.5. The van der Waals surface area contributed by atoms with Crippen molar-refractivity contribution in [1.29, 1.82) is 0 Å². The number of phenols is 2. The summed E-state index contributed by atoms with van der Waals surface area (Å²) in [7, 11) is -5.14. The Balaban J connectivity index is 2.66. The number of hydrogen-bond donors (Lipinski definition) is 3. The summed E-state index contributed by atoms with van der Waals surface area (Å²) in [5.41, 5.74) is -0.719. The van der Waals surface area contributed by atoms with Crippen molar-refractivity contribution in [1.82, 2.24) is 0 Å². The van der Waals surface area contributed by atoms with E-state index in [1.165, 1.54) is 48.5 Å². The lowest BCUT2D eigenvalue weighted by Crippen LogP contribution is -2.39. The van der Waals surface area contributed by atoms with E-state index >= 15 is 0 Å². The van der Waals surface area contributed by atoms with Crippen LogP contribution in [-0.4, -0.2) is 23.2 Å². The molecule has 1 unspecified atom stereocenters. The van der Waals surface area contributed by atoms with Gasteiger partial charge in [0.25, 0.3) is 10.1 Å². The van der Waals surface area contributed by atoms with E-state index in [0.717, 1.165) is 6.07 Å². The summed E-state index contributed by atoms with van der Waals surface area (Å²) in [5, 5.41) is 20.2. The van der Waals surface area contributed by atoms with Crippen molar-refractivity contribution in [3.8, 4) is 11.5 Å². The molecule has 0 aromatic heterocycles. The molecule has 0 saturated heterocycles. The maximum Gasteiger partial charge on any atom is 0.283 e. The first-order valence-corrected chi connectivity index (χ1v) is 10.9. The highest BCUT2D eigenvalue weighted by molar-refractivity contribution is 7.87. The fourth-order valence-electron chi connectivity index (χ4n) is 3.20. The standard InChI is InChI=1S/C19H12Cl4O5S/c20-12-6-5-10(9-16(12)25)19(29(26,27)28,11-3-1-2-4-15(11)24)17-13(21)7-8-14(22)18(17)23/h1-9,24-25H,(H,26,27,28). The van der Waals surface area contributed by atoms with Crippen LogP contribution in [0.4, 0.5) is 0 Å². The molecule has 3 aromatic carbocycles. The van der Waals surface area contributed by atoms with E-state index in [0.29, 0.717) is 0 Å². The highest BCUT2D eigenvalue weighted by Gasteiger charge is 2.52. The number of phenolic OH excluding ortho intramolecular Hbond substituents is 2. The minimum absolute atomic E-state index is 0.0345. The van der Waals surface area contributed by atoms with Gasteiger partial charge < -0.3 is 10.2 Å². The summed E-state index contributed by atoms with van der Waals surface area (Å²) in [6, 6.07) is 11.6. The van der Waals surface area contributed by atoms with Crippen LogP contribution in [0.3, 0.4) is 0 Å². The molecule has 29 heavy (non-hydrogen) atoms. The Morgan fingerprint density at radius 2 is 1.34 bits per heavy atom. The molecule has 1 atom stereocenters. The van der Waals surface area contributed by atoms with Crippen LogP contribution in [0, 0.1) is 0 Å². The largest absolute Gasteiger partial charge is 0.508 e. The Bertz CT molecular complexity index is 1210. The molecule has 0 aliphatic rings. The summed E-state index contributed by atoms with van der Waals surface area (Å²) in [4.78, 5) is 0. The lowest BCUT2D eigenvalue weighted by molar-refractivity contribution is 0.439. The van der Waals surface area contributed by atoms with E-state index < -0.39 is 26.4 Å². The second-order valence-electron chi connectivity index (χ2n) is 6.06. The van der Waals surface area contributed by atoms with E-state index in [1.54, 1.807) is 0 Å². The van der Waals surface area contributed by atoms with Crippen molar-refractivity contribution in [2.24, 2.45) is 0 Å². The van der Waals surface area contributed by atoms with Crippen molar-refractivity contribution in [2.75, 3.05) is 0 Å². The summed E-state index contributed by atoms with van der Waals surface area (Å²) >= 11 is 24.7. The number of para-hydroxylation sites is 1. The SMILES string of the molecule is O=S(=O)(O)C(c1ccc(Cl)c(O)c1)(c1ccccc1O)c1c(Cl)ccc(Cl)c1Cl. The fourth-order valence-corrected chi connectivity index (χ4v) is 5.59. The van der Waals surface area contributed by atoms with Crippen molar-refractivity contribution in [3.05, 3.63) is 91.4 Å². The molecule has 0 heterocycles. The van der Waals surface area contributed by atoms with Crippen LogP contribution in [0.5, 0.6) is 11.5 Å². The normalized spacial score (nSPS) is 13.8. The van der Waals surface area contributed by atoms with E-state index in [1.807, 2.05) is 0 Å². The fraction of sp³-hybridized carbons (Fsp3) is 0.0526. The van der Waals surface area contributed by atoms with Gasteiger partial charge in [-0.2, -0.15) is 8.42 Å². The molecule has 3 rings (SSSR count). The molecule has 0 spiro atoms. The second-order valence-corrected chi connectivity index (χ2v) is 9.22. The average molecular weight is 494 g/mol. The van der Waals surface area contributed by atoms with Crippen molar-refractivity contribution >= 4 is 56.5 Å². The predicted octanol–water partition coefficient (Wildman–Crippen LogP) is 5.89. The molecule has 0 amide bonds. The molecule has 3 aromatic rings. The quantitative estimate of drug-likeness (QED) is 0.239. The number of aromatic hydroxyl groups is 2. The number of halogens is 4. The van der Waals surface area contributed by atoms with E-state index in [2.05, 4.69) is 0 Å². The molecule has 0 bridgehead atoms. The lowest BCUT2D eigenvalue weighted by atomic mass is 9.83. The Hall–Kier alpha value is -1.67. The molecular formula is C19H12Cl4O5S. The Labute approximate surface area is 186 Å². The summed E-state index contributed by atoms with van der Waals surface area (Å²) < 4.78 is 33.9. The summed E-state index contributed by atoms with van der Waals surface area (Å²) in [5.74, 6) is -0.923. The van der Waals surface area contributed by atoms with Gasteiger partial charge in [-0.25, -0.2) is 0 Å². The van der Waals surface area contributed by atoms with E-state index in [4.69, 9.17) is 46.4 Å². The molecule has 0 radical (unpaired) electrons. The zero-order valence-corrected chi connectivity index (χ0v) is 18.1. The highest BCUT2D eigenvalue weighted by Crippen LogP contribution is 2.53. The molecule has 10 heteroatoms. The average Bonchev–Trinajstić information content (AvgIpc) is 2.64. The van der Waals surface area contributed by atoms with Gasteiger partial charge in [0.15, 0.2) is 4.75 Å². The van der Waals surface area contributed by atoms with Crippen LogP contribution in [0.25, 0.3) is 0 Å². The van der Waals surface area contributed by atoms with Gasteiger partial charge in [0.1, 0.15) is 11.5 Å². The highest BCUT2D eigenvalue weighted by atomic mass is 35.5. The van der Waals surface area contributed by atoms with Crippen LogP contribution in [0.15, 0.2) is 54.6 Å². The molecule has 5 nitrogen and oxygen atoms in total. The molecule has 152 valence electrons. The van der Waals surface area contributed by atoms with Crippen LogP contribution in [0.1, 0.15) is 16.7 Å². The predicted molar refractivity (Wildman–Crippen MR) is 114 cm³/mol.